The highest BCUT2D eigenvalue weighted by atomic mass is 15.3. The molecule has 0 aromatic carbocycles. The van der Waals surface area contributed by atoms with Crippen LogP contribution in [0.15, 0.2) is 12.3 Å². The number of aryl methyl sites for hydroxylation is 1. The summed E-state index contributed by atoms with van der Waals surface area (Å²) >= 11 is 0. The maximum atomic E-state index is 4.24. The van der Waals surface area contributed by atoms with Crippen LogP contribution in [0.2, 0.25) is 0 Å². The highest BCUT2D eigenvalue weighted by Crippen LogP contribution is 2.20. The third kappa shape index (κ3) is 3.07. The van der Waals surface area contributed by atoms with Crippen molar-refractivity contribution in [2.24, 2.45) is 13.0 Å². The number of hydrogen-bond donors (Lipinski definition) is 1. The number of rotatable bonds is 4. The molecule has 1 fully saturated rings. The van der Waals surface area contributed by atoms with Crippen molar-refractivity contribution in [3.05, 3.63) is 18.0 Å². The summed E-state index contributed by atoms with van der Waals surface area (Å²) < 4.78 is 1.97. The van der Waals surface area contributed by atoms with Crippen molar-refractivity contribution < 1.29 is 0 Å². The van der Waals surface area contributed by atoms with Crippen molar-refractivity contribution in [1.29, 1.82) is 0 Å². The van der Waals surface area contributed by atoms with E-state index in [9.17, 15) is 0 Å². The van der Waals surface area contributed by atoms with Crippen LogP contribution in [0.5, 0.6) is 0 Å². The average molecular weight is 236 g/mol. The second-order valence-corrected chi connectivity index (χ2v) is 5.21. The van der Waals surface area contributed by atoms with Gasteiger partial charge in [-0.15, -0.1) is 0 Å². The smallest absolute Gasteiger partial charge is 0.0549 e. The molecule has 1 aliphatic rings. The minimum atomic E-state index is 0.435. The molecule has 4 nitrogen and oxygen atoms in total. The fraction of sp³-hybridized carbons (Fsp3) is 0.769. The van der Waals surface area contributed by atoms with Crippen molar-refractivity contribution in [3.63, 3.8) is 0 Å². The molecule has 1 aliphatic heterocycles. The molecule has 1 aromatic rings. The van der Waals surface area contributed by atoms with Crippen LogP contribution >= 0.6 is 0 Å². The molecular weight excluding hydrogens is 212 g/mol. The average Bonchev–Trinajstić information content (AvgIpc) is 2.76. The van der Waals surface area contributed by atoms with E-state index in [4.69, 9.17) is 0 Å². The van der Waals surface area contributed by atoms with Crippen molar-refractivity contribution >= 4 is 0 Å². The normalized spacial score (nSPS) is 22.9. The summed E-state index contributed by atoms with van der Waals surface area (Å²) in [6.45, 7) is 5.78. The van der Waals surface area contributed by atoms with Crippen LogP contribution in [0, 0.1) is 5.92 Å². The molecule has 0 bridgehead atoms. The van der Waals surface area contributed by atoms with Crippen molar-refractivity contribution in [2.45, 2.75) is 25.8 Å². The molecule has 0 spiro atoms. The van der Waals surface area contributed by atoms with E-state index in [0.29, 0.717) is 6.04 Å². The minimum absolute atomic E-state index is 0.435. The van der Waals surface area contributed by atoms with Crippen LogP contribution in [0.3, 0.4) is 0 Å². The zero-order chi connectivity index (χ0) is 12.3. The van der Waals surface area contributed by atoms with Gasteiger partial charge in [0, 0.05) is 25.8 Å². The number of nitrogens with one attached hydrogen (secondary N) is 1. The van der Waals surface area contributed by atoms with Crippen LogP contribution in [0.4, 0.5) is 0 Å². The molecule has 17 heavy (non-hydrogen) atoms. The summed E-state index contributed by atoms with van der Waals surface area (Å²) in [5.74, 6) is 0.796. The predicted octanol–water partition coefficient (Wildman–Crippen LogP) is 1.41. The lowest BCUT2D eigenvalue weighted by Gasteiger charge is -2.31. The van der Waals surface area contributed by atoms with E-state index in [2.05, 4.69) is 35.4 Å². The summed E-state index contributed by atoms with van der Waals surface area (Å²) in [4.78, 5) is 2.44. The van der Waals surface area contributed by atoms with Crippen LogP contribution in [-0.4, -0.2) is 41.4 Å². The lowest BCUT2D eigenvalue weighted by molar-refractivity contribution is 0.193. The summed E-state index contributed by atoms with van der Waals surface area (Å²) in [6.07, 6.45) is 4.55. The van der Waals surface area contributed by atoms with E-state index < -0.39 is 0 Å². The van der Waals surface area contributed by atoms with Crippen LogP contribution in [0.25, 0.3) is 0 Å². The van der Waals surface area contributed by atoms with Gasteiger partial charge in [0.15, 0.2) is 0 Å². The predicted molar refractivity (Wildman–Crippen MR) is 69.8 cm³/mol. The SMILES string of the molecule is CC(c1ccnn1C)N(C)CC1CCCNC1. The van der Waals surface area contributed by atoms with Gasteiger partial charge in [-0.1, -0.05) is 0 Å². The lowest BCUT2D eigenvalue weighted by Crippen LogP contribution is -2.38. The molecule has 2 unspecified atom stereocenters. The van der Waals surface area contributed by atoms with E-state index in [-0.39, 0.29) is 0 Å². The lowest BCUT2D eigenvalue weighted by atomic mass is 9.98. The van der Waals surface area contributed by atoms with Gasteiger partial charge in [-0.3, -0.25) is 9.58 Å². The minimum Gasteiger partial charge on any atom is -0.316 e. The van der Waals surface area contributed by atoms with Crippen LogP contribution in [0.1, 0.15) is 31.5 Å². The Kier molecular flexibility index (Phi) is 4.18. The number of nitrogens with zero attached hydrogens (tertiary/aromatic N) is 3. The van der Waals surface area contributed by atoms with Gasteiger partial charge in [0.05, 0.1) is 5.69 Å². The first-order chi connectivity index (χ1) is 8.18. The maximum Gasteiger partial charge on any atom is 0.0549 e. The Labute approximate surface area is 104 Å². The summed E-state index contributed by atoms with van der Waals surface area (Å²) in [6, 6.07) is 2.55. The van der Waals surface area contributed by atoms with E-state index >= 15 is 0 Å². The highest BCUT2D eigenvalue weighted by molar-refractivity contribution is 5.05. The topological polar surface area (TPSA) is 33.1 Å². The molecule has 1 aromatic heterocycles. The Hall–Kier alpha value is -0.870. The monoisotopic (exact) mass is 236 g/mol. The summed E-state index contributed by atoms with van der Waals surface area (Å²) in [5.41, 5.74) is 1.29. The maximum absolute atomic E-state index is 4.24. The molecule has 0 radical (unpaired) electrons. The molecule has 2 rings (SSSR count). The van der Waals surface area contributed by atoms with Crippen LogP contribution < -0.4 is 5.32 Å². The molecule has 2 heterocycles. The van der Waals surface area contributed by atoms with Crippen molar-refractivity contribution in [1.82, 2.24) is 20.0 Å². The summed E-state index contributed by atoms with van der Waals surface area (Å²) in [5, 5.41) is 7.73. The van der Waals surface area contributed by atoms with E-state index in [0.717, 1.165) is 5.92 Å². The number of aromatic nitrogens is 2. The van der Waals surface area contributed by atoms with Gasteiger partial charge >= 0.3 is 0 Å². The van der Waals surface area contributed by atoms with Crippen LogP contribution in [-0.2, 0) is 7.05 Å². The standard InChI is InChI=1S/C13H24N4/c1-11(13-6-8-15-17(13)3)16(2)10-12-5-4-7-14-9-12/h6,8,11-12,14H,4-5,7,9-10H2,1-3H3. The molecular formula is C13H24N4. The third-order valence-electron chi connectivity index (χ3n) is 3.89. The van der Waals surface area contributed by atoms with E-state index in [1.165, 1.54) is 38.2 Å². The zero-order valence-electron chi connectivity index (χ0n) is 11.2. The molecule has 0 saturated carbocycles. The third-order valence-corrected chi connectivity index (χ3v) is 3.89. The molecule has 1 saturated heterocycles. The number of hydrogen-bond acceptors (Lipinski definition) is 3. The summed E-state index contributed by atoms with van der Waals surface area (Å²) in [7, 11) is 4.23. The molecule has 0 amide bonds. The van der Waals surface area contributed by atoms with Gasteiger partial charge < -0.3 is 5.32 Å². The second kappa shape index (κ2) is 5.65. The number of piperidine rings is 1. The van der Waals surface area contributed by atoms with Crippen molar-refractivity contribution in [2.75, 3.05) is 26.7 Å². The molecule has 2 atom stereocenters. The molecule has 1 N–H and O–H groups in total. The Morgan fingerprint density at radius 1 is 1.65 bits per heavy atom. The quantitative estimate of drug-likeness (QED) is 0.858. The van der Waals surface area contributed by atoms with Gasteiger partial charge in [-0.2, -0.15) is 5.10 Å². The van der Waals surface area contributed by atoms with Gasteiger partial charge in [0.1, 0.15) is 0 Å². The molecule has 96 valence electrons. The van der Waals surface area contributed by atoms with Crippen molar-refractivity contribution in [3.8, 4) is 0 Å². The first-order valence-corrected chi connectivity index (χ1v) is 6.57. The molecule has 0 aliphatic carbocycles. The zero-order valence-corrected chi connectivity index (χ0v) is 11.2. The Bertz CT molecular complexity index is 341. The Balaban J connectivity index is 1.90. The molecule has 4 heteroatoms. The first kappa shape index (κ1) is 12.6. The van der Waals surface area contributed by atoms with Gasteiger partial charge in [0.25, 0.3) is 0 Å². The second-order valence-electron chi connectivity index (χ2n) is 5.21. The first-order valence-electron chi connectivity index (χ1n) is 6.57. The largest absolute Gasteiger partial charge is 0.316 e. The Morgan fingerprint density at radius 3 is 3.06 bits per heavy atom. The fourth-order valence-corrected chi connectivity index (χ4v) is 2.66. The fourth-order valence-electron chi connectivity index (χ4n) is 2.66. The Morgan fingerprint density at radius 2 is 2.47 bits per heavy atom. The van der Waals surface area contributed by atoms with Gasteiger partial charge in [0.2, 0.25) is 0 Å². The van der Waals surface area contributed by atoms with Gasteiger partial charge in [-0.05, 0) is 51.9 Å². The van der Waals surface area contributed by atoms with E-state index in [1.54, 1.807) is 0 Å². The van der Waals surface area contributed by atoms with Gasteiger partial charge in [-0.25, -0.2) is 0 Å². The highest BCUT2D eigenvalue weighted by Gasteiger charge is 2.20. The van der Waals surface area contributed by atoms with E-state index in [1.807, 2.05) is 17.9 Å².